The first-order valence-electron chi connectivity index (χ1n) is 6.06. The van der Waals surface area contributed by atoms with Crippen LogP contribution >= 0.6 is 0 Å². The smallest absolute Gasteiger partial charge is 0.308 e. The Labute approximate surface area is 97.5 Å². The summed E-state index contributed by atoms with van der Waals surface area (Å²) in [5.74, 6) is 0.832. The summed E-state index contributed by atoms with van der Waals surface area (Å²) in [6.07, 6.45) is 5.77. The van der Waals surface area contributed by atoms with Crippen molar-refractivity contribution in [2.45, 2.75) is 38.2 Å². The number of hydrogen-bond donors (Lipinski definition) is 1. The van der Waals surface area contributed by atoms with Gasteiger partial charge in [0.05, 0.1) is 19.1 Å². The summed E-state index contributed by atoms with van der Waals surface area (Å²) in [7, 11) is 2.96. The van der Waals surface area contributed by atoms with Gasteiger partial charge in [-0.3, -0.25) is 4.79 Å². The molecule has 0 spiro atoms. The lowest BCUT2D eigenvalue weighted by molar-refractivity contribution is -0.145. The highest BCUT2D eigenvalue weighted by molar-refractivity contribution is 5.72. The average Bonchev–Trinajstić information content (AvgIpc) is 3.05. The second-order valence-corrected chi connectivity index (χ2v) is 4.43. The minimum absolute atomic E-state index is 0.0671. The first kappa shape index (κ1) is 13.5. The van der Waals surface area contributed by atoms with E-state index < -0.39 is 0 Å². The van der Waals surface area contributed by atoms with Crippen molar-refractivity contribution in [2.24, 2.45) is 17.6 Å². The summed E-state index contributed by atoms with van der Waals surface area (Å²) in [6.45, 7) is 0.901. The van der Waals surface area contributed by atoms with E-state index in [-0.39, 0.29) is 11.9 Å². The third-order valence-corrected chi connectivity index (χ3v) is 3.18. The molecule has 2 N–H and O–H groups in total. The Morgan fingerprint density at radius 1 is 1.25 bits per heavy atom. The molecule has 0 saturated heterocycles. The zero-order valence-electron chi connectivity index (χ0n) is 10.3. The van der Waals surface area contributed by atoms with Gasteiger partial charge in [0.25, 0.3) is 0 Å². The van der Waals surface area contributed by atoms with Crippen molar-refractivity contribution >= 4 is 5.97 Å². The zero-order valence-corrected chi connectivity index (χ0v) is 10.3. The molecule has 2 saturated carbocycles. The number of carbonyl (C=O) groups excluding carboxylic acids is 1. The highest BCUT2D eigenvalue weighted by Crippen LogP contribution is 2.33. The predicted octanol–water partition coefficient (Wildman–Crippen LogP) is 1.33. The molecule has 0 radical (unpaired) electrons. The first-order valence-corrected chi connectivity index (χ1v) is 6.06. The van der Waals surface area contributed by atoms with E-state index in [0.29, 0.717) is 6.10 Å². The summed E-state index contributed by atoms with van der Waals surface area (Å²) in [4.78, 5) is 11.2. The molecule has 2 aliphatic rings. The molecule has 1 unspecified atom stereocenters. The van der Waals surface area contributed by atoms with Crippen LogP contribution in [0.4, 0.5) is 0 Å². The summed E-state index contributed by atoms with van der Waals surface area (Å²) < 4.78 is 10.5. The van der Waals surface area contributed by atoms with Crippen molar-refractivity contribution in [3.8, 4) is 0 Å². The number of nitrogens with two attached hydrogens (primary N) is 1. The Morgan fingerprint density at radius 2 is 1.94 bits per heavy atom. The molecule has 2 rings (SSSR count). The fourth-order valence-corrected chi connectivity index (χ4v) is 2.03. The zero-order chi connectivity index (χ0) is 12.0. The van der Waals surface area contributed by atoms with E-state index in [0.717, 1.165) is 31.8 Å². The number of hydrogen-bond acceptors (Lipinski definition) is 4. The number of rotatable bonds is 4. The number of ether oxygens (including phenoxy) is 2. The maximum absolute atomic E-state index is 11.2. The summed E-state index contributed by atoms with van der Waals surface area (Å²) in [5.41, 5.74) is 4.50. The van der Waals surface area contributed by atoms with Gasteiger partial charge in [-0.15, -0.1) is 0 Å². The number of esters is 1. The molecule has 0 heterocycles. The lowest BCUT2D eigenvalue weighted by Gasteiger charge is -2.11. The van der Waals surface area contributed by atoms with Gasteiger partial charge in [0.1, 0.15) is 0 Å². The van der Waals surface area contributed by atoms with Gasteiger partial charge in [-0.05, 0) is 45.1 Å². The van der Waals surface area contributed by atoms with E-state index >= 15 is 0 Å². The Morgan fingerprint density at radius 3 is 2.50 bits per heavy atom. The van der Waals surface area contributed by atoms with Crippen molar-refractivity contribution in [3.05, 3.63) is 0 Å². The summed E-state index contributed by atoms with van der Waals surface area (Å²) >= 11 is 0. The maximum Gasteiger partial charge on any atom is 0.308 e. The molecular weight excluding hydrogens is 206 g/mol. The van der Waals surface area contributed by atoms with Crippen LogP contribution in [-0.4, -0.2) is 32.8 Å². The Bertz CT molecular complexity index is 216. The molecule has 0 aromatic heterocycles. The van der Waals surface area contributed by atoms with Crippen LogP contribution in [0.2, 0.25) is 0 Å². The van der Waals surface area contributed by atoms with Gasteiger partial charge in [-0.1, -0.05) is 0 Å². The van der Waals surface area contributed by atoms with Crippen LogP contribution in [0.5, 0.6) is 0 Å². The van der Waals surface area contributed by atoms with Gasteiger partial charge < -0.3 is 15.2 Å². The van der Waals surface area contributed by atoms with E-state index in [9.17, 15) is 4.79 Å². The van der Waals surface area contributed by atoms with Crippen LogP contribution in [-0.2, 0) is 14.3 Å². The molecule has 0 amide bonds. The number of carbonyl (C=O) groups is 1. The van der Waals surface area contributed by atoms with E-state index in [4.69, 9.17) is 9.47 Å². The van der Waals surface area contributed by atoms with E-state index in [1.807, 2.05) is 0 Å². The van der Waals surface area contributed by atoms with Crippen molar-refractivity contribution in [1.29, 1.82) is 0 Å². The quantitative estimate of drug-likeness (QED) is 0.739. The van der Waals surface area contributed by atoms with Gasteiger partial charge in [0, 0.05) is 6.61 Å². The number of methoxy groups -OCH3 is 1. The van der Waals surface area contributed by atoms with Gasteiger partial charge in [-0.2, -0.15) is 0 Å². The van der Waals surface area contributed by atoms with Crippen LogP contribution < -0.4 is 5.73 Å². The fourth-order valence-electron chi connectivity index (χ4n) is 2.03. The normalized spacial score (nSPS) is 28.2. The molecule has 4 heteroatoms. The van der Waals surface area contributed by atoms with Gasteiger partial charge in [-0.25, -0.2) is 0 Å². The largest absolute Gasteiger partial charge is 0.469 e. The Kier molecular flexibility index (Phi) is 5.77. The van der Waals surface area contributed by atoms with Crippen LogP contribution in [0.15, 0.2) is 0 Å². The third-order valence-electron chi connectivity index (χ3n) is 3.18. The molecule has 94 valence electrons. The minimum Gasteiger partial charge on any atom is -0.469 e. The highest BCUT2D eigenvalue weighted by Gasteiger charge is 2.32. The molecule has 4 nitrogen and oxygen atoms in total. The highest BCUT2D eigenvalue weighted by atomic mass is 16.5. The molecule has 0 aromatic carbocycles. The third kappa shape index (κ3) is 4.10. The van der Waals surface area contributed by atoms with E-state index in [1.54, 1.807) is 0 Å². The Balaban J connectivity index is 0.000000606. The monoisotopic (exact) mass is 229 g/mol. The second kappa shape index (κ2) is 6.86. The lowest BCUT2D eigenvalue weighted by atomic mass is 10.1. The molecule has 16 heavy (non-hydrogen) atoms. The van der Waals surface area contributed by atoms with Gasteiger partial charge >= 0.3 is 5.97 Å². The molecule has 0 aromatic rings. The van der Waals surface area contributed by atoms with Crippen LogP contribution in [0, 0.1) is 11.8 Å². The van der Waals surface area contributed by atoms with Crippen molar-refractivity contribution < 1.29 is 14.3 Å². The molecule has 0 aliphatic heterocycles. The SMILES string of the molecule is CN.COC(=O)C1CC[C@@H](OCC2CC2)C1. The molecule has 2 atom stereocenters. The summed E-state index contributed by atoms with van der Waals surface area (Å²) in [6, 6.07) is 0. The first-order chi connectivity index (χ1) is 7.79. The van der Waals surface area contributed by atoms with E-state index in [1.165, 1.54) is 27.0 Å². The molecule has 2 fully saturated rings. The lowest BCUT2D eigenvalue weighted by Crippen LogP contribution is -2.16. The minimum atomic E-state index is -0.0671. The van der Waals surface area contributed by atoms with Crippen LogP contribution in [0.25, 0.3) is 0 Å². The average molecular weight is 229 g/mol. The standard InChI is InChI=1S/C11H18O3.CH5N/c1-13-11(12)9-4-5-10(6-9)14-7-8-2-3-8;1-2/h8-10H,2-7H2,1H3;2H2,1H3/t9?,10-;/m1./s1. The topological polar surface area (TPSA) is 61.5 Å². The molecule has 0 bridgehead atoms. The van der Waals surface area contributed by atoms with Gasteiger partial charge in [0.15, 0.2) is 0 Å². The fraction of sp³-hybridized carbons (Fsp3) is 0.917. The second-order valence-electron chi connectivity index (χ2n) is 4.43. The van der Waals surface area contributed by atoms with Crippen LogP contribution in [0.3, 0.4) is 0 Å². The molecule has 2 aliphatic carbocycles. The van der Waals surface area contributed by atoms with Crippen LogP contribution in [0.1, 0.15) is 32.1 Å². The summed E-state index contributed by atoms with van der Waals surface area (Å²) in [5, 5.41) is 0. The predicted molar refractivity (Wildman–Crippen MR) is 61.9 cm³/mol. The Hall–Kier alpha value is -0.610. The van der Waals surface area contributed by atoms with Crippen molar-refractivity contribution in [1.82, 2.24) is 0 Å². The van der Waals surface area contributed by atoms with Gasteiger partial charge in [0.2, 0.25) is 0 Å². The van der Waals surface area contributed by atoms with E-state index in [2.05, 4.69) is 5.73 Å². The molecular formula is C12H23NO3. The maximum atomic E-state index is 11.2. The van der Waals surface area contributed by atoms with Crippen molar-refractivity contribution in [2.75, 3.05) is 20.8 Å². The van der Waals surface area contributed by atoms with Crippen molar-refractivity contribution in [3.63, 3.8) is 0 Å².